The molecule has 0 aliphatic carbocycles. The van der Waals surface area contributed by atoms with Gasteiger partial charge in [0, 0.05) is 26.2 Å². The van der Waals surface area contributed by atoms with Gasteiger partial charge in [0.1, 0.15) is 5.75 Å². The van der Waals surface area contributed by atoms with Crippen LogP contribution in [0.3, 0.4) is 0 Å². The van der Waals surface area contributed by atoms with Crippen LogP contribution in [0, 0.1) is 6.92 Å². The van der Waals surface area contributed by atoms with Gasteiger partial charge in [-0.2, -0.15) is 0 Å². The molecule has 1 aliphatic rings. The van der Waals surface area contributed by atoms with E-state index in [1.165, 1.54) is 0 Å². The number of carbonyl (C=O) groups excluding carboxylic acids is 1. The molecule has 0 bridgehead atoms. The molecule has 1 saturated heterocycles. The van der Waals surface area contributed by atoms with Gasteiger partial charge in [0.05, 0.1) is 0 Å². The maximum atomic E-state index is 12.0. The first-order chi connectivity index (χ1) is 8.66. The van der Waals surface area contributed by atoms with Gasteiger partial charge in [0.15, 0.2) is 6.61 Å². The minimum atomic E-state index is 0.0753. The predicted octanol–water partition coefficient (Wildman–Crippen LogP) is 1.15. The largest absolute Gasteiger partial charge is 0.484 e. The highest BCUT2D eigenvalue weighted by atomic mass is 16.5. The zero-order valence-corrected chi connectivity index (χ0v) is 11.1. The van der Waals surface area contributed by atoms with E-state index in [1.807, 2.05) is 36.1 Å². The monoisotopic (exact) mass is 248 g/mol. The average molecular weight is 248 g/mol. The van der Waals surface area contributed by atoms with Gasteiger partial charge in [-0.15, -0.1) is 0 Å². The molecule has 1 aliphatic heterocycles. The number of benzene rings is 1. The quantitative estimate of drug-likeness (QED) is 0.804. The van der Waals surface area contributed by atoms with E-state index in [2.05, 4.69) is 11.9 Å². The van der Waals surface area contributed by atoms with Crippen molar-refractivity contribution in [3.63, 3.8) is 0 Å². The maximum absolute atomic E-state index is 12.0. The fraction of sp³-hybridized carbons (Fsp3) is 0.500. The zero-order valence-electron chi connectivity index (χ0n) is 11.1. The van der Waals surface area contributed by atoms with Crippen LogP contribution in [0.4, 0.5) is 0 Å². The van der Waals surface area contributed by atoms with E-state index in [9.17, 15) is 4.79 Å². The summed E-state index contributed by atoms with van der Waals surface area (Å²) in [6, 6.07) is 7.76. The van der Waals surface area contributed by atoms with Crippen molar-refractivity contribution >= 4 is 5.91 Å². The first kappa shape index (κ1) is 12.9. The van der Waals surface area contributed by atoms with Gasteiger partial charge in [-0.25, -0.2) is 0 Å². The summed E-state index contributed by atoms with van der Waals surface area (Å²) < 4.78 is 5.57. The van der Waals surface area contributed by atoms with E-state index in [0.717, 1.165) is 37.5 Å². The molecule has 0 saturated carbocycles. The van der Waals surface area contributed by atoms with Crippen LogP contribution < -0.4 is 4.74 Å². The molecule has 1 heterocycles. The van der Waals surface area contributed by atoms with Gasteiger partial charge < -0.3 is 14.5 Å². The number of para-hydroxylation sites is 1. The predicted molar refractivity (Wildman–Crippen MR) is 70.8 cm³/mol. The normalized spacial score (nSPS) is 16.7. The second-order valence-electron chi connectivity index (χ2n) is 4.74. The number of ether oxygens (including phenoxy) is 1. The van der Waals surface area contributed by atoms with Crippen LogP contribution in [0.1, 0.15) is 5.56 Å². The Balaban J connectivity index is 1.83. The van der Waals surface area contributed by atoms with Crippen LogP contribution in [0.5, 0.6) is 5.75 Å². The van der Waals surface area contributed by atoms with Gasteiger partial charge in [-0.05, 0) is 25.6 Å². The highest BCUT2D eigenvalue weighted by Crippen LogP contribution is 2.16. The molecule has 0 unspecified atom stereocenters. The summed E-state index contributed by atoms with van der Waals surface area (Å²) in [5, 5.41) is 0. The number of nitrogens with zero attached hydrogens (tertiary/aromatic N) is 2. The Morgan fingerprint density at radius 2 is 1.89 bits per heavy atom. The number of hydrogen-bond donors (Lipinski definition) is 0. The second-order valence-corrected chi connectivity index (χ2v) is 4.74. The summed E-state index contributed by atoms with van der Waals surface area (Å²) in [6.07, 6.45) is 0. The zero-order chi connectivity index (χ0) is 13.0. The third-order valence-electron chi connectivity index (χ3n) is 3.30. The van der Waals surface area contributed by atoms with E-state index in [4.69, 9.17) is 4.74 Å². The lowest BCUT2D eigenvalue weighted by atomic mass is 10.2. The van der Waals surface area contributed by atoms with Gasteiger partial charge in [0.25, 0.3) is 5.91 Å². The number of piperazine rings is 1. The lowest BCUT2D eigenvalue weighted by Gasteiger charge is -2.32. The van der Waals surface area contributed by atoms with Crippen molar-refractivity contribution in [1.29, 1.82) is 0 Å². The molecule has 1 aromatic rings. The molecule has 0 atom stereocenters. The fourth-order valence-electron chi connectivity index (χ4n) is 2.00. The van der Waals surface area contributed by atoms with Crippen LogP contribution in [-0.4, -0.2) is 55.5 Å². The van der Waals surface area contributed by atoms with Crippen molar-refractivity contribution in [1.82, 2.24) is 9.80 Å². The number of rotatable bonds is 3. The first-order valence-electron chi connectivity index (χ1n) is 6.31. The molecule has 0 radical (unpaired) electrons. The van der Waals surface area contributed by atoms with Gasteiger partial charge in [0.2, 0.25) is 0 Å². The van der Waals surface area contributed by atoms with Crippen molar-refractivity contribution < 1.29 is 9.53 Å². The molecule has 1 fully saturated rings. The van der Waals surface area contributed by atoms with Gasteiger partial charge in [-0.1, -0.05) is 18.2 Å². The molecule has 4 nitrogen and oxygen atoms in total. The highest BCUT2D eigenvalue weighted by Gasteiger charge is 2.19. The van der Waals surface area contributed by atoms with Crippen molar-refractivity contribution in [2.24, 2.45) is 0 Å². The topological polar surface area (TPSA) is 32.8 Å². The van der Waals surface area contributed by atoms with Crippen LogP contribution in [0.2, 0.25) is 0 Å². The summed E-state index contributed by atoms with van der Waals surface area (Å²) in [7, 11) is 2.08. The molecule has 18 heavy (non-hydrogen) atoms. The number of likely N-dealkylation sites (N-methyl/N-ethyl adjacent to an activating group) is 1. The number of hydrogen-bond acceptors (Lipinski definition) is 3. The maximum Gasteiger partial charge on any atom is 0.260 e. The summed E-state index contributed by atoms with van der Waals surface area (Å²) in [4.78, 5) is 16.1. The van der Waals surface area contributed by atoms with E-state index < -0.39 is 0 Å². The Morgan fingerprint density at radius 3 is 2.56 bits per heavy atom. The molecular weight excluding hydrogens is 228 g/mol. The summed E-state index contributed by atoms with van der Waals surface area (Å²) in [5.41, 5.74) is 1.06. The summed E-state index contributed by atoms with van der Waals surface area (Å²) in [5.74, 6) is 0.867. The Bertz CT molecular complexity index is 412. The number of carbonyl (C=O) groups is 1. The molecule has 4 heteroatoms. The first-order valence-corrected chi connectivity index (χ1v) is 6.31. The Kier molecular flexibility index (Phi) is 4.20. The van der Waals surface area contributed by atoms with E-state index in [0.29, 0.717) is 0 Å². The van der Waals surface area contributed by atoms with E-state index in [-0.39, 0.29) is 12.5 Å². The Morgan fingerprint density at radius 1 is 1.22 bits per heavy atom. The van der Waals surface area contributed by atoms with Crippen LogP contribution in [-0.2, 0) is 4.79 Å². The van der Waals surface area contributed by atoms with E-state index in [1.54, 1.807) is 0 Å². The molecule has 1 aromatic carbocycles. The van der Waals surface area contributed by atoms with Crippen LogP contribution in [0.15, 0.2) is 24.3 Å². The minimum absolute atomic E-state index is 0.0753. The Hall–Kier alpha value is -1.55. The molecule has 1 amide bonds. The van der Waals surface area contributed by atoms with Crippen molar-refractivity contribution in [3.8, 4) is 5.75 Å². The lowest BCUT2D eigenvalue weighted by molar-refractivity contribution is -0.134. The van der Waals surface area contributed by atoms with E-state index >= 15 is 0 Å². The average Bonchev–Trinajstić information content (AvgIpc) is 2.38. The third-order valence-corrected chi connectivity index (χ3v) is 3.30. The standard InChI is InChI=1S/C14H20N2O2/c1-12-5-3-4-6-13(12)18-11-14(17)16-9-7-15(2)8-10-16/h3-6H,7-11H2,1-2H3. The van der Waals surface area contributed by atoms with Crippen LogP contribution in [0.25, 0.3) is 0 Å². The van der Waals surface area contributed by atoms with Crippen molar-refractivity contribution in [3.05, 3.63) is 29.8 Å². The summed E-state index contributed by atoms with van der Waals surface area (Å²) in [6.45, 7) is 5.59. The molecular formula is C14H20N2O2. The summed E-state index contributed by atoms with van der Waals surface area (Å²) >= 11 is 0. The molecule has 98 valence electrons. The van der Waals surface area contributed by atoms with Gasteiger partial charge >= 0.3 is 0 Å². The highest BCUT2D eigenvalue weighted by molar-refractivity contribution is 5.77. The molecule has 0 spiro atoms. The molecule has 0 aromatic heterocycles. The van der Waals surface area contributed by atoms with Crippen molar-refractivity contribution in [2.45, 2.75) is 6.92 Å². The Labute approximate surface area is 108 Å². The van der Waals surface area contributed by atoms with Crippen molar-refractivity contribution in [2.75, 3.05) is 39.8 Å². The molecule has 2 rings (SSSR count). The molecule has 0 N–H and O–H groups in total. The third kappa shape index (κ3) is 3.23. The number of amides is 1. The number of aryl methyl sites for hydroxylation is 1. The minimum Gasteiger partial charge on any atom is -0.484 e. The second kappa shape index (κ2) is 5.87. The lowest BCUT2D eigenvalue weighted by Crippen LogP contribution is -2.48. The SMILES string of the molecule is Cc1ccccc1OCC(=O)N1CCN(C)CC1. The smallest absolute Gasteiger partial charge is 0.260 e. The fourth-order valence-corrected chi connectivity index (χ4v) is 2.00. The van der Waals surface area contributed by atoms with Crippen LogP contribution >= 0.6 is 0 Å². The van der Waals surface area contributed by atoms with Gasteiger partial charge in [-0.3, -0.25) is 4.79 Å².